The van der Waals surface area contributed by atoms with Crippen LogP contribution in [0.15, 0.2) is 30.3 Å². The number of rotatable bonds is 5. The van der Waals surface area contributed by atoms with E-state index in [1.807, 2.05) is 18.2 Å². The van der Waals surface area contributed by atoms with Crippen LogP contribution in [0.2, 0.25) is 0 Å². The first-order valence-electron chi connectivity index (χ1n) is 9.27. The van der Waals surface area contributed by atoms with Crippen molar-refractivity contribution in [2.45, 2.75) is 31.8 Å². The summed E-state index contributed by atoms with van der Waals surface area (Å²) >= 11 is 1.77. The van der Waals surface area contributed by atoms with Crippen LogP contribution in [0.3, 0.4) is 0 Å². The quantitative estimate of drug-likeness (QED) is 0.735. The largest absolute Gasteiger partial charge is 0.497 e. The molecule has 2 aliphatic rings. The van der Waals surface area contributed by atoms with E-state index in [1.165, 1.54) is 9.75 Å². The molecule has 3 unspecified atom stereocenters. The molecule has 0 aliphatic carbocycles. The number of aryl methyl sites for hydroxylation is 1. The van der Waals surface area contributed by atoms with Gasteiger partial charge in [0.2, 0.25) is 5.91 Å². The Kier molecular flexibility index (Phi) is 5.33. The number of hydrazine groups is 1. The van der Waals surface area contributed by atoms with Gasteiger partial charge in [0.1, 0.15) is 17.5 Å². The number of thiophene rings is 1. The number of fused-ring (bicyclic) bond motifs is 1. The number of methoxy groups -OCH3 is 1. The maximum Gasteiger partial charge on any atom is 0.238 e. The number of nitrogens with one attached hydrogen (secondary N) is 3. The molecule has 2 aliphatic heterocycles. The Morgan fingerprint density at radius 2 is 2.22 bits per heavy atom. The Morgan fingerprint density at radius 1 is 1.33 bits per heavy atom. The molecule has 6 nitrogen and oxygen atoms in total. The van der Waals surface area contributed by atoms with E-state index in [0.29, 0.717) is 13.2 Å². The van der Waals surface area contributed by atoms with Crippen molar-refractivity contribution in [1.82, 2.24) is 16.2 Å². The van der Waals surface area contributed by atoms with Gasteiger partial charge in [0.15, 0.2) is 0 Å². The third kappa shape index (κ3) is 4.10. The minimum Gasteiger partial charge on any atom is -0.497 e. The minimum absolute atomic E-state index is 0.0406. The van der Waals surface area contributed by atoms with E-state index < -0.39 is 0 Å². The zero-order valence-electron chi connectivity index (χ0n) is 15.6. The molecule has 4 rings (SSSR count). The lowest BCUT2D eigenvalue weighted by atomic mass is 9.96. The van der Waals surface area contributed by atoms with Gasteiger partial charge in [-0.05, 0) is 43.5 Å². The molecular formula is C20H25N3O3S. The molecule has 3 heterocycles. The van der Waals surface area contributed by atoms with Crippen molar-refractivity contribution in [3.8, 4) is 11.5 Å². The number of amides is 1. The van der Waals surface area contributed by atoms with E-state index in [9.17, 15) is 4.79 Å². The second kappa shape index (κ2) is 7.88. The number of benzene rings is 1. The summed E-state index contributed by atoms with van der Waals surface area (Å²) in [5.41, 5.74) is 7.53. The lowest BCUT2D eigenvalue weighted by Crippen LogP contribution is -2.45. The van der Waals surface area contributed by atoms with E-state index in [2.05, 4.69) is 35.2 Å². The fraction of sp³-hybridized carbons (Fsp3) is 0.450. The highest BCUT2D eigenvalue weighted by Gasteiger charge is 2.31. The topological polar surface area (TPSA) is 71.6 Å². The van der Waals surface area contributed by atoms with Gasteiger partial charge in [0.25, 0.3) is 0 Å². The predicted octanol–water partition coefficient (Wildman–Crippen LogP) is 2.34. The number of hydrogen-bond acceptors (Lipinski definition) is 6. The van der Waals surface area contributed by atoms with Crippen LogP contribution in [0.25, 0.3) is 0 Å². The average molecular weight is 388 g/mol. The van der Waals surface area contributed by atoms with Gasteiger partial charge in [0, 0.05) is 28.3 Å². The van der Waals surface area contributed by atoms with Crippen molar-refractivity contribution in [2.24, 2.45) is 5.92 Å². The van der Waals surface area contributed by atoms with Gasteiger partial charge in [0.05, 0.1) is 19.8 Å². The van der Waals surface area contributed by atoms with Crippen molar-refractivity contribution in [2.75, 3.05) is 20.3 Å². The van der Waals surface area contributed by atoms with Crippen molar-refractivity contribution < 1.29 is 14.3 Å². The number of carbonyl (C=O) groups is 1. The van der Waals surface area contributed by atoms with Gasteiger partial charge >= 0.3 is 0 Å². The Labute approximate surface area is 163 Å². The van der Waals surface area contributed by atoms with Crippen LogP contribution in [0.5, 0.6) is 11.5 Å². The average Bonchev–Trinajstić information content (AvgIpc) is 3.34. The Bertz CT molecular complexity index is 823. The maximum atomic E-state index is 12.5. The standard InChI is InChI=1S/C20H25N3O3S/c1-12-3-6-19(27-12)16-9-17(23-22-16)20(24)21-10-13-7-14-4-5-15(25-2)8-18(14)26-11-13/h3-6,8,13,16-17,22-23H,7,9-11H2,1-2H3,(H,21,24). The van der Waals surface area contributed by atoms with E-state index in [4.69, 9.17) is 9.47 Å². The zero-order valence-corrected chi connectivity index (χ0v) is 16.4. The molecule has 144 valence electrons. The minimum atomic E-state index is -0.210. The van der Waals surface area contributed by atoms with E-state index >= 15 is 0 Å². The lowest BCUT2D eigenvalue weighted by molar-refractivity contribution is -0.123. The molecular weight excluding hydrogens is 362 g/mol. The molecule has 2 aromatic rings. The third-order valence-corrected chi connectivity index (χ3v) is 6.26. The summed E-state index contributed by atoms with van der Waals surface area (Å²) in [7, 11) is 1.65. The van der Waals surface area contributed by atoms with Crippen LogP contribution in [0.4, 0.5) is 0 Å². The second-order valence-corrected chi connectivity index (χ2v) is 8.50. The Morgan fingerprint density at radius 3 is 3.00 bits per heavy atom. The van der Waals surface area contributed by atoms with Gasteiger partial charge in [-0.1, -0.05) is 6.07 Å². The molecule has 3 N–H and O–H groups in total. The monoisotopic (exact) mass is 387 g/mol. The first-order chi connectivity index (χ1) is 13.1. The number of hydrogen-bond donors (Lipinski definition) is 3. The van der Waals surface area contributed by atoms with Gasteiger partial charge in [-0.15, -0.1) is 11.3 Å². The summed E-state index contributed by atoms with van der Waals surface area (Å²) in [4.78, 5) is 15.1. The fourth-order valence-corrected chi connectivity index (χ4v) is 4.54. The molecule has 3 atom stereocenters. The Hall–Kier alpha value is -2.09. The molecule has 0 bridgehead atoms. The molecule has 0 radical (unpaired) electrons. The highest BCUT2D eigenvalue weighted by molar-refractivity contribution is 7.12. The summed E-state index contributed by atoms with van der Waals surface area (Å²) in [5.74, 6) is 2.00. The zero-order chi connectivity index (χ0) is 18.8. The third-order valence-electron chi connectivity index (χ3n) is 5.15. The van der Waals surface area contributed by atoms with Gasteiger partial charge < -0.3 is 14.8 Å². The summed E-state index contributed by atoms with van der Waals surface area (Å²) < 4.78 is 11.1. The first-order valence-corrected chi connectivity index (χ1v) is 10.1. The van der Waals surface area contributed by atoms with E-state index in [1.54, 1.807) is 18.4 Å². The van der Waals surface area contributed by atoms with Crippen LogP contribution < -0.4 is 25.6 Å². The lowest BCUT2D eigenvalue weighted by Gasteiger charge is -2.26. The Balaban J connectivity index is 1.27. The summed E-state index contributed by atoms with van der Waals surface area (Å²) in [6, 6.07) is 10.1. The highest BCUT2D eigenvalue weighted by atomic mass is 32.1. The smallest absolute Gasteiger partial charge is 0.238 e. The molecule has 0 spiro atoms. The predicted molar refractivity (Wildman–Crippen MR) is 105 cm³/mol. The molecule has 7 heteroatoms. The highest BCUT2D eigenvalue weighted by Crippen LogP contribution is 2.31. The normalized spacial score (nSPS) is 24.1. The molecule has 0 saturated carbocycles. The molecule has 1 saturated heterocycles. The molecule has 1 amide bonds. The van der Waals surface area contributed by atoms with E-state index in [0.717, 1.165) is 29.9 Å². The van der Waals surface area contributed by atoms with Crippen LogP contribution in [-0.2, 0) is 11.2 Å². The van der Waals surface area contributed by atoms with Gasteiger partial charge in [-0.3, -0.25) is 4.79 Å². The SMILES string of the molecule is COc1ccc2c(c1)OCC(CNC(=O)C1CC(c3ccc(C)s3)NN1)C2. The second-order valence-electron chi connectivity index (χ2n) is 7.18. The molecule has 1 aromatic heterocycles. The summed E-state index contributed by atoms with van der Waals surface area (Å²) in [6.45, 7) is 3.32. The fourth-order valence-electron chi connectivity index (χ4n) is 3.60. The van der Waals surface area contributed by atoms with Crippen molar-refractivity contribution in [3.05, 3.63) is 45.6 Å². The molecule has 1 fully saturated rings. The van der Waals surface area contributed by atoms with Crippen LogP contribution in [0.1, 0.15) is 27.8 Å². The van der Waals surface area contributed by atoms with Crippen molar-refractivity contribution >= 4 is 17.2 Å². The van der Waals surface area contributed by atoms with Crippen molar-refractivity contribution in [1.29, 1.82) is 0 Å². The molecule has 27 heavy (non-hydrogen) atoms. The van der Waals surface area contributed by atoms with Gasteiger partial charge in [-0.2, -0.15) is 0 Å². The van der Waals surface area contributed by atoms with Crippen LogP contribution in [-0.4, -0.2) is 32.2 Å². The first kappa shape index (κ1) is 18.3. The van der Waals surface area contributed by atoms with Crippen LogP contribution in [0, 0.1) is 12.8 Å². The maximum absolute atomic E-state index is 12.5. The number of ether oxygens (including phenoxy) is 2. The van der Waals surface area contributed by atoms with Crippen molar-refractivity contribution in [3.63, 3.8) is 0 Å². The van der Waals surface area contributed by atoms with Crippen LogP contribution >= 0.6 is 11.3 Å². The number of carbonyl (C=O) groups excluding carboxylic acids is 1. The van der Waals surface area contributed by atoms with E-state index in [-0.39, 0.29) is 23.9 Å². The summed E-state index contributed by atoms with van der Waals surface area (Å²) in [6.07, 6.45) is 1.66. The summed E-state index contributed by atoms with van der Waals surface area (Å²) in [5, 5.41) is 3.08. The molecule has 1 aromatic carbocycles. The van der Waals surface area contributed by atoms with Gasteiger partial charge in [-0.25, -0.2) is 10.9 Å².